The lowest BCUT2D eigenvalue weighted by molar-refractivity contribution is -0.0333. The van der Waals surface area contributed by atoms with Crippen LogP contribution in [0.3, 0.4) is 0 Å². The predicted octanol–water partition coefficient (Wildman–Crippen LogP) is 3.04. The first-order chi connectivity index (χ1) is 16.5. The number of ether oxygens (including phenoxy) is 2. The molecule has 3 heterocycles. The number of hydrogen-bond donors (Lipinski definition) is 4. The van der Waals surface area contributed by atoms with Crippen LogP contribution in [-0.4, -0.2) is 62.7 Å². The van der Waals surface area contributed by atoms with E-state index in [-0.39, 0.29) is 12.6 Å². The van der Waals surface area contributed by atoms with Gasteiger partial charge in [-0.15, -0.1) is 0 Å². The molecule has 0 unspecified atom stereocenters. The van der Waals surface area contributed by atoms with Crippen molar-refractivity contribution in [2.75, 3.05) is 13.2 Å². The van der Waals surface area contributed by atoms with Crippen molar-refractivity contribution in [1.29, 1.82) is 0 Å². The molecule has 1 aliphatic rings. The molecule has 0 aliphatic carbocycles. The molecule has 0 amide bonds. The van der Waals surface area contributed by atoms with Crippen LogP contribution in [0.2, 0.25) is 5.02 Å². The summed E-state index contributed by atoms with van der Waals surface area (Å²) in [5.74, 6) is 6.41. The molecule has 5 N–H and O–H groups in total. The number of aliphatic hydroxyl groups excluding tert-OH is 2. The molecular weight excluding hydrogens is 456 g/mol. The maximum atomic E-state index is 9.82. The third-order valence-corrected chi connectivity index (χ3v) is 6.08. The quantitative estimate of drug-likeness (QED) is 0.286. The summed E-state index contributed by atoms with van der Waals surface area (Å²) in [5, 5.41) is 19.4. The number of benzene rings is 1. The van der Waals surface area contributed by atoms with E-state index in [2.05, 4.69) is 33.7 Å². The number of unbranched alkanes of at least 4 members (excludes halogenated alkanes) is 3. The molecule has 2 aromatic heterocycles. The van der Waals surface area contributed by atoms with E-state index in [1.807, 2.05) is 24.3 Å². The maximum absolute atomic E-state index is 9.82. The van der Waals surface area contributed by atoms with Gasteiger partial charge in [0.15, 0.2) is 5.65 Å². The van der Waals surface area contributed by atoms with Gasteiger partial charge in [0.2, 0.25) is 0 Å². The standard InChI is InChI=1S/C25H29ClN4O4/c1-2-3-4-5-6-7-15-8-10-16(11-9-15)22-17(26)12-18-24(29-22)30-25(28-18)34-20-14-33-23(21(20)27)19(32)13-31/h8-12,19-21,23,31-32H,2-5,13-14,27H2,1H3,(H,28,29,30)/t19-,20-,21+,23-/m1/s1. The van der Waals surface area contributed by atoms with E-state index in [0.29, 0.717) is 21.9 Å². The Balaban J connectivity index is 1.48. The second-order valence-electron chi connectivity index (χ2n) is 8.35. The summed E-state index contributed by atoms with van der Waals surface area (Å²) in [7, 11) is 0. The predicted molar refractivity (Wildman–Crippen MR) is 131 cm³/mol. The number of nitrogens with one attached hydrogen (secondary N) is 1. The van der Waals surface area contributed by atoms with Gasteiger partial charge in [-0.25, -0.2) is 4.98 Å². The molecule has 0 bridgehead atoms. The largest absolute Gasteiger partial charge is 0.457 e. The molecule has 4 rings (SSSR count). The smallest absolute Gasteiger partial charge is 0.296 e. The van der Waals surface area contributed by atoms with E-state index in [1.54, 1.807) is 6.07 Å². The van der Waals surface area contributed by atoms with Crippen LogP contribution in [0, 0.1) is 11.8 Å². The van der Waals surface area contributed by atoms with Crippen LogP contribution >= 0.6 is 11.6 Å². The van der Waals surface area contributed by atoms with Crippen molar-refractivity contribution < 1.29 is 19.7 Å². The van der Waals surface area contributed by atoms with Gasteiger partial charge in [-0.2, -0.15) is 4.98 Å². The number of nitrogens with two attached hydrogens (primary N) is 1. The summed E-state index contributed by atoms with van der Waals surface area (Å²) in [6, 6.07) is 9.18. The molecule has 1 aliphatic heterocycles. The first kappa shape index (κ1) is 24.5. The molecule has 0 radical (unpaired) electrons. The Hall–Kier alpha value is -2.67. The van der Waals surface area contributed by atoms with E-state index in [4.69, 9.17) is 31.9 Å². The van der Waals surface area contributed by atoms with Crippen LogP contribution in [0.1, 0.15) is 38.2 Å². The summed E-state index contributed by atoms with van der Waals surface area (Å²) >= 11 is 6.51. The normalized spacial score (nSPS) is 20.8. The first-order valence-corrected chi connectivity index (χ1v) is 11.9. The highest BCUT2D eigenvalue weighted by Gasteiger charge is 2.40. The summed E-state index contributed by atoms with van der Waals surface area (Å²) in [6.07, 6.45) is 2.12. The number of halogens is 1. The molecule has 9 heteroatoms. The topological polar surface area (TPSA) is 127 Å². The Morgan fingerprint density at radius 3 is 2.82 bits per heavy atom. The number of aliphatic hydroxyl groups is 2. The van der Waals surface area contributed by atoms with Gasteiger partial charge in [-0.05, 0) is 24.6 Å². The second-order valence-corrected chi connectivity index (χ2v) is 8.76. The van der Waals surface area contributed by atoms with Crippen LogP contribution in [0.25, 0.3) is 22.4 Å². The molecule has 8 nitrogen and oxygen atoms in total. The SMILES string of the molecule is CCCCCC#Cc1ccc(-c2nc3nc(O[C@@H]4CO[C@H]([C@H](O)CO)[C@H]4N)[nH]c3cc2Cl)cc1. The van der Waals surface area contributed by atoms with Crippen molar-refractivity contribution >= 4 is 22.8 Å². The van der Waals surface area contributed by atoms with Gasteiger partial charge in [0.05, 0.1) is 35.5 Å². The molecule has 3 aromatic rings. The minimum Gasteiger partial charge on any atom is -0.457 e. The zero-order valence-electron chi connectivity index (χ0n) is 19.0. The lowest BCUT2D eigenvalue weighted by atomic mass is 10.1. The Labute approximate surface area is 203 Å². The lowest BCUT2D eigenvalue weighted by Crippen LogP contribution is -2.48. The summed E-state index contributed by atoms with van der Waals surface area (Å²) in [5.41, 5.74) is 9.62. The van der Waals surface area contributed by atoms with Gasteiger partial charge in [-0.3, -0.25) is 0 Å². The van der Waals surface area contributed by atoms with Gasteiger partial charge >= 0.3 is 0 Å². The van der Waals surface area contributed by atoms with Crippen LogP contribution in [0.5, 0.6) is 6.01 Å². The minimum absolute atomic E-state index is 0.174. The Kier molecular flexibility index (Phi) is 8.03. The second kappa shape index (κ2) is 11.2. The van der Waals surface area contributed by atoms with Crippen LogP contribution in [0.15, 0.2) is 30.3 Å². The molecule has 4 atom stereocenters. The highest BCUT2D eigenvalue weighted by atomic mass is 35.5. The highest BCUT2D eigenvalue weighted by molar-refractivity contribution is 6.33. The number of rotatable bonds is 8. The molecule has 0 spiro atoms. The van der Waals surface area contributed by atoms with Gasteiger partial charge in [-0.1, -0.05) is 55.3 Å². The monoisotopic (exact) mass is 484 g/mol. The van der Waals surface area contributed by atoms with Crippen molar-refractivity contribution in [2.45, 2.75) is 57.0 Å². The maximum Gasteiger partial charge on any atom is 0.296 e. The van der Waals surface area contributed by atoms with Gasteiger partial charge in [0.25, 0.3) is 6.01 Å². The first-order valence-electron chi connectivity index (χ1n) is 11.5. The van der Waals surface area contributed by atoms with Crippen LogP contribution in [0.4, 0.5) is 0 Å². The van der Waals surface area contributed by atoms with Crippen molar-refractivity contribution in [2.24, 2.45) is 5.73 Å². The van der Waals surface area contributed by atoms with E-state index in [1.165, 1.54) is 12.8 Å². The van der Waals surface area contributed by atoms with Gasteiger partial charge in [0.1, 0.15) is 18.3 Å². The number of nitrogens with zero attached hydrogens (tertiary/aromatic N) is 2. The van der Waals surface area contributed by atoms with Gasteiger partial charge < -0.3 is 30.4 Å². The van der Waals surface area contributed by atoms with Crippen LogP contribution < -0.4 is 10.5 Å². The number of imidazole rings is 1. The fourth-order valence-corrected chi connectivity index (χ4v) is 4.12. The van der Waals surface area contributed by atoms with Gasteiger partial charge in [0, 0.05) is 17.5 Å². The molecule has 1 saturated heterocycles. The third kappa shape index (κ3) is 5.52. The average molecular weight is 485 g/mol. The van der Waals surface area contributed by atoms with E-state index >= 15 is 0 Å². The highest BCUT2D eigenvalue weighted by Crippen LogP contribution is 2.30. The molecular formula is C25H29ClN4O4. The summed E-state index contributed by atoms with van der Waals surface area (Å²) in [4.78, 5) is 12.1. The zero-order chi connectivity index (χ0) is 24.1. The van der Waals surface area contributed by atoms with E-state index in [0.717, 1.165) is 24.0 Å². The number of aromatic nitrogens is 3. The summed E-state index contributed by atoms with van der Waals surface area (Å²) in [6.45, 7) is 1.92. The fourth-order valence-electron chi connectivity index (χ4n) is 3.86. The fraction of sp³-hybridized carbons (Fsp3) is 0.440. The summed E-state index contributed by atoms with van der Waals surface area (Å²) < 4.78 is 11.3. The zero-order valence-corrected chi connectivity index (χ0v) is 19.8. The van der Waals surface area contributed by atoms with E-state index < -0.39 is 31.0 Å². The number of hydrogen-bond acceptors (Lipinski definition) is 7. The molecule has 34 heavy (non-hydrogen) atoms. The average Bonchev–Trinajstić information content (AvgIpc) is 3.40. The Morgan fingerprint density at radius 1 is 1.29 bits per heavy atom. The number of aromatic amines is 1. The number of fused-ring (bicyclic) bond motifs is 1. The van der Waals surface area contributed by atoms with Crippen molar-refractivity contribution in [3.8, 4) is 29.1 Å². The number of pyridine rings is 1. The lowest BCUT2D eigenvalue weighted by Gasteiger charge is -2.21. The molecule has 1 fully saturated rings. The Morgan fingerprint density at radius 2 is 2.09 bits per heavy atom. The van der Waals surface area contributed by atoms with E-state index in [9.17, 15) is 5.11 Å². The third-order valence-electron chi connectivity index (χ3n) is 5.79. The van der Waals surface area contributed by atoms with Crippen molar-refractivity contribution in [1.82, 2.24) is 15.0 Å². The minimum atomic E-state index is -1.07. The molecule has 1 aromatic carbocycles. The van der Waals surface area contributed by atoms with Crippen molar-refractivity contribution in [3.05, 3.63) is 40.9 Å². The van der Waals surface area contributed by atoms with Crippen LogP contribution in [-0.2, 0) is 4.74 Å². The number of H-pyrrole nitrogens is 1. The molecule has 180 valence electrons. The molecule has 0 saturated carbocycles. The Bertz CT molecular complexity index is 1170. The van der Waals surface area contributed by atoms with Crippen molar-refractivity contribution in [3.63, 3.8) is 0 Å².